The number of hydrogen-bond acceptors (Lipinski definition) is 3. The zero-order valence-corrected chi connectivity index (χ0v) is 12.9. The van der Waals surface area contributed by atoms with E-state index in [0.717, 1.165) is 6.54 Å². The van der Waals surface area contributed by atoms with Gasteiger partial charge in [-0.05, 0) is 52.8 Å². The lowest BCUT2D eigenvalue weighted by Crippen LogP contribution is -2.48. The maximum Gasteiger partial charge on any atom is 0.325 e. The summed E-state index contributed by atoms with van der Waals surface area (Å²) in [6.07, 6.45) is 0. The van der Waals surface area contributed by atoms with E-state index in [2.05, 4.69) is 32.0 Å². The van der Waals surface area contributed by atoms with Gasteiger partial charge in [0.25, 0.3) is 0 Å². The van der Waals surface area contributed by atoms with Crippen LogP contribution < -0.4 is 0 Å². The van der Waals surface area contributed by atoms with Gasteiger partial charge in [0, 0.05) is 6.54 Å². The topological polar surface area (TPSA) is 29.5 Å². The fourth-order valence-electron chi connectivity index (χ4n) is 1.94. The van der Waals surface area contributed by atoms with Crippen molar-refractivity contribution in [1.82, 2.24) is 4.90 Å². The van der Waals surface area contributed by atoms with Crippen LogP contribution in [0.25, 0.3) is 0 Å². The Morgan fingerprint density at radius 1 is 1.32 bits per heavy atom. The summed E-state index contributed by atoms with van der Waals surface area (Å²) in [6, 6.07) is 6.40. The molecule has 0 aliphatic carbocycles. The number of aryl methyl sites for hydroxylation is 2. The molecule has 0 unspecified atom stereocenters. The number of rotatable bonds is 5. The smallest absolute Gasteiger partial charge is 0.325 e. The van der Waals surface area contributed by atoms with Crippen LogP contribution in [0.15, 0.2) is 18.2 Å². The SMILES string of the molecule is CCOC(=O)C(C)(C)N(C)Cc1ccc(C)cc1C. The van der Waals surface area contributed by atoms with Crippen molar-refractivity contribution >= 4 is 5.97 Å². The van der Waals surface area contributed by atoms with Gasteiger partial charge in [-0.3, -0.25) is 9.69 Å². The fourth-order valence-corrected chi connectivity index (χ4v) is 1.94. The van der Waals surface area contributed by atoms with Gasteiger partial charge in [-0.25, -0.2) is 0 Å². The van der Waals surface area contributed by atoms with E-state index in [1.54, 1.807) is 0 Å². The second-order valence-electron chi connectivity index (χ2n) is 5.57. The lowest BCUT2D eigenvalue weighted by atomic mass is 10.0. The highest BCUT2D eigenvalue weighted by Gasteiger charge is 2.33. The largest absolute Gasteiger partial charge is 0.465 e. The van der Waals surface area contributed by atoms with E-state index in [0.29, 0.717) is 6.61 Å². The monoisotopic (exact) mass is 263 g/mol. The van der Waals surface area contributed by atoms with Crippen molar-refractivity contribution in [1.29, 1.82) is 0 Å². The first-order chi connectivity index (χ1) is 8.78. The molecule has 0 heterocycles. The van der Waals surface area contributed by atoms with Crippen molar-refractivity contribution in [2.24, 2.45) is 0 Å². The molecule has 0 saturated carbocycles. The third kappa shape index (κ3) is 3.80. The van der Waals surface area contributed by atoms with Crippen molar-refractivity contribution in [2.45, 2.75) is 46.7 Å². The molecule has 0 radical (unpaired) electrons. The van der Waals surface area contributed by atoms with Crippen LogP contribution in [-0.4, -0.2) is 30.1 Å². The van der Waals surface area contributed by atoms with Crippen molar-refractivity contribution in [3.05, 3.63) is 34.9 Å². The van der Waals surface area contributed by atoms with E-state index in [9.17, 15) is 4.79 Å². The molecule has 3 heteroatoms. The highest BCUT2D eigenvalue weighted by atomic mass is 16.5. The Labute approximate surface area is 116 Å². The minimum absolute atomic E-state index is 0.178. The van der Waals surface area contributed by atoms with Gasteiger partial charge < -0.3 is 4.74 Å². The van der Waals surface area contributed by atoms with E-state index in [-0.39, 0.29) is 5.97 Å². The van der Waals surface area contributed by atoms with Crippen LogP contribution in [0.4, 0.5) is 0 Å². The molecule has 0 bridgehead atoms. The fraction of sp³-hybridized carbons (Fsp3) is 0.562. The maximum absolute atomic E-state index is 12.0. The van der Waals surface area contributed by atoms with Gasteiger partial charge in [-0.15, -0.1) is 0 Å². The molecule has 0 atom stereocenters. The van der Waals surface area contributed by atoms with Crippen molar-refractivity contribution in [2.75, 3.05) is 13.7 Å². The molecule has 0 aromatic heterocycles. The summed E-state index contributed by atoms with van der Waals surface area (Å²) in [4.78, 5) is 14.0. The Kier molecular flexibility index (Phi) is 5.12. The van der Waals surface area contributed by atoms with Gasteiger partial charge >= 0.3 is 5.97 Å². The summed E-state index contributed by atoms with van der Waals surface area (Å²) in [5.74, 6) is -0.178. The number of carbonyl (C=O) groups is 1. The molecule has 0 saturated heterocycles. The number of ether oxygens (including phenoxy) is 1. The zero-order chi connectivity index (χ0) is 14.6. The number of nitrogens with zero attached hydrogens (tertiary/aromatic N) is 1. The Hall–Kier alpha value is -1.35. The lowest BCUT2D eigenvalue weighted by molar-refractivity contribution is -0.155. The molecule has 0 aliphatic heterocycles. The van der Waals surface area contributed by atoms with Crippen LogP contribution in [0, 0.1) is 13.8 Å². The summed E-state index contributed by atoms with van der Waals surface area (Å²) < 4.78 is 5.13. The molecule has 0 fully saturated rings. The van der Waals surface area contributed by atoms with Gasteiger partial charge in [0.15, 0.2) is 0 Å². The highest BCUT2D eigenvalue weighted by Crippen LogP contribution is 2.20. The number of hydrogen-bond donors (Lipinski definition) is 0. The summed E-state index contributed by atoms with van der Waals surface area (Å²) >= 11 is 0. The molecule has 1 rings (SSSR count). The summed E-state index contributed by atoms with van der Waals surface area (Å²) in [7, 11) is 1.95. The predicted octanol–water partition coefficient (Wildman–Crippen LogP) is 3.08. The van der Waals surface area contributed by atoms with Crippen LogP contribution in [0.5, 0.6) is 0 Å². The molecule has 19 heavy (non-hydrogen) atoms. The summed E-state index contributed by atoms with van der Waals surface area (Å²) in [5, 5.41) is 0. The Bertz CT molecular complexity index is 452. The second kappa shape index (κ2) is 6.20. The maximum atomic E-state index is 12.0. The van der Waals surface area contributed by atoms with E-state index < -0.39 is 5.54 Å². The molecular weight excluding hydrogens is 238 g/mol. The normalized spacial score (nSPS) is 11.7. The van der Waals surface area contributed by atoms with E-state index in [1.807, 2.05) is 32.7 Å². The van der Waals surface area contributed by atoms with Gasteiger partial charge in [-0.1, -0.05) is 23.8 Å². The Balaban J connectivity index is 2.83. The number of benzene rings is 1. The highest BCUT2D eigenvalue weighted by molar-refractivity contribution is 5.79. The quantitative estimate of drug-likeness (QED) is 0.765. The van der Waals surface area contributed by atoms with Crippen LogP contribution in [0.1, 0.15) is 37.5 Å². The number of carbonyl (C=O) groups excluding carboxylic acids is 1. The standard InChI is InChI=1S/C16H25NO2/c1-7-19-15(18)16(4,5)17(6)11-14-9-8-12(2)10-13(14)3/h8-10H,7,11H2,1-6H3. The summed E-state index contributed by atoms with van der Waals surface area (Å²) in [5.41, 5.74) is 3.14. The molecule has 1 aromatic carbocycles. The van der Waals surface area contributed by atoms with Crippen LogP contribution in [0.2, 0.25) is 0 Å². The number of esters is 1. The average molecular weight is 263 g/mol. The first-order valence-electron chi connectivity index (χ1n) is 6.73. The third-order valence-electron chi connectivity index (χ3n) is 3.63. The van der Waals surface area contributed by atoms with Gasteiger partial charge in [-0.2, -0.15) is 0 Å². The molecule has 0 spiro atoms. The minimum Gasteiger partial charge on any atom is -0.465 e. The average Bonchev–Trinajstić information content (AvgIpc) is 2.32. The van der Waals surface area contributed by atoms with Crippen LogP contribution in [-0.2, 0) is 16.1 Å². The molecule has 0 aliphatic rings. The van der Waals surface area contributed by atoms with Crippen molar-refractivity contribution < 1.29 is 9.53 Å². The van der Waals surface area contributed by atoms with Gasteiger partial charge in [0.2, 0.25) is 0 Å². The lowest BCUT2D eigenvalue weighted by Gasteiger charge is -2.33. The van der Waals surface area contributed by atoms with E-state index in [4.69, 9.17) is 4.74 Å². The molecule has 3 nitrogen and oxygen atoms in total. The molecule has 106 valence electrons. The molecule has 0 amide bonds. The van der Waals surface area contributed by atoms with E-state index >= 15 is 0 Å². The van der Waals surface area contributed by atoms with Crippen molar-refractivity contribution in [3.63, 3.8) is 0 Å². The molecular formula is C16H25NO2. The first kappa shape index (κ1) is 15.7. The molecule has 0 N–H and O–H groups in total. The Morgan fingerprint density at radius 2 is 1.95 bits per heavy atom. The van der Waals surface area contributed by atoms with Crippen LogP contribution in [0.3, 0.4) is 0 Å². The van der Waals surface area contributed by atoms with Gasteiger partial charge in [0.1, 0.15) is 5.54 Å². The van der Waals surface area contributed by atoms with Crippen LogP contribution >= 0.6 is 0 Å². The first-order valence-corrected chi connectivity index (χ1v) is 6.73. The third-order valence-corrected chi connectivity index (χ3v) is 3.63. The Morgan fingerprint density at radius 3 is 2.47 bits per heavy atom. The van der Waals surface area contributed by atoms with Gasteiger partial charge in [0.05, 0.1) is 6.61 Å². The van der Waals surface area contributed by atoms with E-state index in [1.165, 1.54) is 16.7 Å². The summed E-state index contributed by atoms with van der Waals surface area (Å²) in [6.45, 7) is 11.0. The zero-order valence-electron chi connectivity index (χ0n) is 12.9. The van der Waals surface area contributed by atoms with Crippen molar-refractivity contribution in [3.8, 4) is 0 Å². The number of likely N-dealkylation sites (N-methyl/N-ethyl adjacent to an activating group) is 1. The molecule has 1 aromatic rings. The second-order valence-corrected chi connectivity index (χ2v) is 5.57. The predicted molar refractivity (Wildman–Crippen MR) is 78.1 cm³/mol. The minimum atomic E-state index is -0.618.